The van der Waals surface area contributed by atoms with E-state index in [9.17, 15) is 31.1 Å². The van der Waals surface area contributed by atoms with Crippen LogP contribution < -0.4 is 0 Å². The molecule has 114 valence electrons. The summed E-state index contributed by atoms with van der Waals surface area (Å²) in [6.45, 7) is 0. The molecule has 1 nitrogen and oxygen atoms in total. The van der Waals surface area contributed by atoms with Gasteiger partial charge < -0.3 is 0 Å². The molecule has 0 spiro atoms. The highest BCUT2D eigenvalue weighted by Crippen LogP contribution is 2.46. The van der Waals surface area contributed by atoms with Gasteiger partial charge in [0.1, 0.15) is 0 Å². The maximum absolute atomic E-state index is 13.1. The molecule has 0 N–H and O–H groups in total. The number of alkyl halides is 6. The van der Waals surface area contributed by atoms with Crippen LogP contribution in [-0.2, 0) is 12.4 Å². The average molecular weight is 316 g/mol. The molecule has 7 heteroatoms. The summed E-state index contributed by atoms with van der Waals surface area (Å²) >= 11 is 0. The van der Waals surface area contributed by atoms with Crippen molar-refractivity contribution in [2.45, 2.75) is 12.4 Å². The molecule has 1 aliphatic rings. The number of halogens is 6. The maximum atomic E-state index is 13.1. The Hall–Kier alpha value is -2.31. The third-order valence-corrected chi connectivity index (χ3v) is 3.46. The van der Waals surface area contributed by atoms with Crippen LogP contribution in [0.2, 0.25) is 0 Å². The van der Waals surface area contributed by atoms with Crippen molar-refractivity contribution in [1.29, 1.82) is 0 Å². The van der Waals surface area contributed by atoms with E-state index in [1.54, 1.807) is 0 Å². The van der Waals surface area contributed by atoms with Gasteiger partial charge in [-0.1, -0.05) is 24.3 Å². The van der Waals surface area contributed by atoms with Crippen LogP contribution in [0.25, 0.3) is 11.1 Å². The lowest BCUT2D eigenvalue weighted by Gasteiger charge is -2.15. The molecule has 3 rings (SSSR count). The lowest BCUT2D eigenvalue weighted by molar-refractivity contribution is -0.143. The highest BCUT2D eigenvalue weighted by atomic mass is 19.4. The number of hydrogen-bond donors (Lipinski definition) is 0. The number of carbonyl (C=O) groups is 1. The number of rotatable bonds is 0. The van der Waals surface area contributed by atoms with Crippen molar-refractivity contribution in [2.24, 2.45) is 0 Å². The van der Waals surface area contributed by atoms with E-state index in [2.05, 4.69) is 0 Å². The van der Waals surface area contributed by atoms with Gasteiger partial charge in [0.25, 0.3) is 0 Å². The standard InChI is InChI=1S/C15H6F6O/c16-14(17,18)7-5-10-8-3-1-2-4-9(8)13(22)12(10)11(6-7)15(19,20)21/h1-6H. The Bertz CT molecular complexity index is 786. The van der Waals surface area contributed by atoms with Crippen LogP contribution in [0, 0.1) is 0 Å². The molecule has 0 amide bonds. The molecule has 0 fully saturated rings. The average Bonchev–Trinajstić information content (AvgIpc) is 2.70. The maximum Gasteiger partial charge on any atom is 0.417 e. The fraction of sp³-hybridized carbons (Fsp3) is 0.133. The number of carbonyl (C=O) groups excluding carboxylic acids is 1. The summed E-state index contributed by atoms with van der Waals surface area (Å²) in [6.07, 6.45) is -9.99. The van der Waals surface area contributed by atoms with E-state index >= 15 is 0 Å². The van der Waals surface area contributed by atoms with Crippen LogP contribution in [-0.4, -0.2) is 5.78 Å². The van der Waals surface area contributed by atoms with Gasteiger partial charge >= 0.3 is 12.4 Å². The molecule has 0 heterocycles. The van der Waals surface area contributed by atoms with E-state index in [0.29, 0.717) is 6.07 Å². The summed E-state index contributed by atoms with van der Waals surface area (Å²) < 4.78 is 77.8. The van der Waals surface area contributed by atoms with E-state index in [-0.39, 0.29) is 22.8 Å². The highest BCUT2D eigenvalue weighted by Gasteiger charge is 2.43. The smallest absolute Gasteiger partial charge is 0.289 e. The Morgan fingerprint density at radius 3 is 1.86 bits per heavy atom. The molecule has 0 unspecified atom stereocenters. The van der Waals surface area contributed by atoms with Crippen LogP contribution >= 0.6 is 0 Å². The SMILES string of the molecule is O=C1c2ccccc2-c2cc(C(F)(F)F)cc(C(F)(F)F)c21. The van der Waals surface area contributed by atoms with Gasteiger partial charge in [0.15, 0.2) is 5.78 Å². The van der Waals surface area contributed by atoms with E-state index < -0.39 is 34.8 Å². The molecule has 2 aromatic carbocycles. The summed E-state index contributed by atoms with van der Waals surface area (Å²) in [6, 6.07) is 6.11. The topological polar surface area (TPSA) is 17.1 Å². The van der Waals surface area contributed by atoms with Gasteiger partial charge in [-0.15, -0.1) is 0 Å². The van der Waals surface area contributed by atoms with Crippen LogP contribution in [0.3, 0.4) is 0 Å². The summed E-state index contributed by atoms with van der Waals surface area (Å²) in [5, 5.41) is 0. The van der Waals surface area contributed by atoms with Crippen LogP contribution in [0.1, 0.15) is 27.0 Å². The molecular weight excluding hydrogens is 310 g/mol. The molecule has 0 atom stereocenters. The van der Waals surface area contributed by atoms with Crippen molar-refractivity contribution in [2.75, 3.05) is 0 Å². The van der Waals surface area contributed by atoms with Crippen molar-refractivity contribution < 1.29 is 31.1 Å². The number of fused-ring (bicyclic) bond motifs is 3. The zero-order valence-electron chi connectivity index (χ0n) is 10.6. The molecule has 0 saturated heterocycles. The molecule has 22 heavy (non-hydrogen) atoms. The Labute approximate surface area is 120 Å². The summed E-state index contributed by atoms with van der Waals surface area (Å²) in [4.78, 5) is 12.1. The second-order valence-corrected chi connectivity index (χ2v) is 4.82. The Morgan fingerprint density at radius 1 is 0.727 bits per heavy atom. The molecular formula is C15H6F6O. The lowest BCUT2D eigenvalue weighted by Crippen LogP contribution is -2.15. The first kappa shape index (κ1) is 14.6. The monoisotopic (exact) mass is 316 g/mol. The zero-order chi connectivity index (χ0) is 16.3. The zero-order valence-corrected chi connectivity index (χ0v) is 10.6. The van der Waals surface area contributed by atoms with Crippen molar-refractivity contribution in [3.8, 4) is 11.1 Å². The van der Waals surface area contributed by atoms with Crippen LogP contribution in [0.15, 0.2) is 36.4 Å². The number of hydrogen-bond acceptors (Lipinski definition) is 1. The third-order valence-electron chi connectivity index (χ3n) is 3.46. The summed E-state index contributed by atoms with van der Waals surface area (Å²) in [5.74, 6) is -0.911. The minimum atomic E-state index is -5.05. The normalized spacial score (nSPS) is 14.0. The fourth-order valence-corrected chi connectivity index (χ4v) is 2.54. The predicted molar refractivity (Wildman–Crippen MR) is 65.3 cm³/mol. The Balaban J connectivity index is 2.40. The summed E-state index contributed by atoms with van der Waals surface area (Å²) in [5.41, 5.74) is -3.98. The molecule has 0 saturated carbocycles. The quantitative estimate of drug-likeness (QED) is 0.537. The predicted octanol–water partition coefficient (Wildman–Crippen LogP) is 4.94. The first-order chi connectivity index (χ1) is 10.1. The van der Waals surface area contributed by atoms with Gasteiger partial charge in [-0.3, -0.25) is 4.79 Å². The first-order valence-corrected chi connectivity index (χ1v) is 6.07. The van der Waals surface area contributed by atoms with E-state index in [1.165, 1.54) is 24.3 Å². The molecule has 0 bridgehead atoms. The second kappa shape index (κ2) is 4.34. The number of benzene rings is 2. The number of ketones is 1. The van der Waals surface area contributed by atoms with Gasteiger partial charge in [-0.2, -0.15) is 26.3 Å². The largest absolute Gasteiger partial charge is 0.417 e. The molecule has 0 aliphatic heterocycles. The minimum absolute atomic E-state index is 0.0113. The van der Waals surface area contributed by atoms with Crippen molar-refractivity contribution in [3.63, 3.8) is 0 Å². The van der Waals surface area contributed by atoms with Gasteiger partial charge in [0, 0.05) is 11.1 Å². The van der Waals surface area contributed by atoms with Crippen molar-refractivity contribution >= 4 is 5.78 Å². The van der Waals surface area contributed by atoms with E-state index in [1.807, 2.05) is 0 Å². The van der Waals surface area contributed by atoms with Crippen LogP contribution in [0.4, 0.5) is 26.3 Å². The first-order valence-electron chi connectivity index (χ1n) is 6.07. The van der Waals surface area contributed by atoms with Crippen LogP contribution in [0.5, 0.6) is 0 Å². The Kier molecular flexibility index (Phi) is 2.89. The minimum Gasteiger partial charge on any atom is -0.289 e. The Morgan fingerprint density at radius 2 is 1.32 bits per heavy atom. The molecule has 1 aliphatic carbocycles. The van der Waals surface area contributed by atoms with Crippen molar-refractivity contribution in [1.82, 2.24) is 0 Å². The van der Waals surface area contributed by atoms with Gasteiger partial charge in [-0.05, 0) is 23.3 Å². The highest BCUT2D eigenvalue weighted by molar-refractivity contribution is 6.22. The summed E-state index contributed by atoms with van der Waals surface area (Å²) in [7, 11) is 0. The lowest BCUT2D eigenvalue weighted by atomic mass is 9.96. The van der Waals surface area contributed by atoms with Crippen molar-refractivity contribution in [3.05, 3.63) is 58.7 Å². The fourth-order valence-electron chi connectivity index (χ4n) is 2.54. The molecule has 2 aromatic rings. The van der Waals surface area contributed by atoms with E-state index in [4.69, 9.17) is 0 Å². The molecule has 0 radical (unpaired) electrons. The van der Waals surface area contributed by atoms with Gasteiger partial charge in [-0.25, -0.2) is 0 Å². The van der Waals surface area contributed by atoms with Gasteiger partial charge in [0.05, 0.1) is 11.1 Å². The van der Waals surface area contributed by atoms with E-state index in [0.717, 1.165) is 0 Å². The second-order valence-electron chi connectivity index (χ2n) is 4.82. The van der Waals surface area contributed by atoms with Gasteiger partial charge in [0.2, 0.25) is 0 Å². The molecule has 0 aromatic heterocycles. The third kappa shape index (κ3) is 2.08.